The predicted octanol–water partition coefficient (Wildman–Crippen LogP) is 4.98. The Morgan fingerprint density at radius 1 is 0.966 bits per heavy atom. The summed E-state index contributed by atoms with van der Waals surface area (Å²) in [6.07, 6.45) is 8.44. The molecular formula is C23H37NO4S. The molecule has 0 saturated carbocycles. The first kappa shape index (κ1) is 25.4. The maximum atomic E-state index is 13.0. The van der Waals surface area contributed by atoms with E-state index in [2.05, 4.69) is 25.7 Å². The largest absolute Gasteiger partial charge is 0.462 e. The minimum absolute atomic E-state index is 0.116. The number of esters is 1. The fourth-order valence-corrected chi connectivity index (χ4v) is 4.45. The molecule has 1 aromatic rings. The summed E-state index contributed by atoms with van der Waals surface area (Å²) in [4.78, 5) is 14.7. The van der Waals surface area contributed by atoms with Crippen LogP contribution in [0.4, 0.5) is 0 Å². The zero-order valence-corrected chi connectivity index (χ0v) is 19.0. The first-order chi connectivity index (χ1) is 14.0. The van der Waals surface area contributed by atoms with Gasteiger partial charge in [0.05, 0.1) is 11.5 Å². The van der Waals surface area contributed by atoms with E-state index in [4.69, 9.17) is 4.74 Å². The van der Waals surface area contributed by atoms with E-state index >= 15 is 0 Å². The van der Waals surface area contributed by atoms with Gasteiger partial charge in [0.15, 0.2) is 4.91 Å². The molecule has 164 valence electrons. The SMILES string of the molecule is CCCCCCCCOC(=O)/C(=C/CCN(CC)CC)S(=O)(=O)c1ccccc1. The summed E-state index contributed by atoms with van der Waals surface area (Å²) in [5.74, 6) is -0.748. The van der Waals surface area contributed by atoms with Gasteiger partial charge in [-0.15, -0.1) is 0 Å². The van der Waals surface area contributed by atoms with Crippen LogP contribution in [0, 0.1) is 0 Å². The van der Waals surface area contributed by atoms with Gasteiger partial charge in [-0.3, -0.25) is 0 Å². The molecule has 0 radical (unpaired) electrons. The van der Waals surface area contributed by atoms with Crippen LogP contribution in [0.25, 0.3) is 0 Å². The van der Waals surface area contributed by atoms with E-state index in [0.717, 1.165) is 32.4 Å². The molecule has 29 heavy (non-hydrogen) atoms. The molecule has 0 amide bonds. The van der Waals surface area contributed by atoms with Gasteiger partial charge in [0.1, 0.15) is 0 Å². The van der Waals surface area contributed by atoms with Crippen LogP contribution in [0.2, 0.25) is 0 Å². The first-order valence-corrected chi connectivity index (χ1v) is 12.3. The second-order valence-corrected chi connectivity index (χ2v) is 9.02. The maximum Gasteiger partial charge on any atom is 0.349 e. The van der Waals surface area contributed by atoms with E-state index in [9.17, 15) is 13.2 Å². The maximum absolute atomic E-state index is 13.0. The van der Waals surface area contributed by atoms with Gasteiger partial charge in [-0.25, -0.2) is 13.2 Å². The second kappa shape index (κ2) is 14.3. The quantitative estimate of drug-likeness (QED) is 0.226. The van der Waals surface area contributed by atoms with Crippen LogP contribution in [-0.4, -0.2) is 45.5 Å². The molecule has 0 N–H and O–H groups in total. The van der Waals surface area contributed by atoms with E-state index in [1.165, 1.54) is 37.5 Å². The van der Waals surface area contributed by atoms with Gasteiger partial charge in [0.25, 0.3) is 0 Å². The van der Waals surface area contributed by atoms with Crippen LogP contribution in [0.5, 0.6) is 0 Å². The monoisotopic (exact) mass is 423 g/mol. The van der Waals surface area contributed by atoms with Crippen molar-refractivity contribution in [1.29, 1.82) is 0 Å². The molecule has 0 spiro atoms. The summed E-state index contributed by atoms with van der Waals surface area (Å²) < 4.78 is 31.4. The highest BCUT2D eigenvalue weighted by Gasteiger charge is 2.28. The van der Waals surface area contributed by atoms with Crippen molar-refractivity contribution in [3.63, 3.8) is 0 Å². The summed E-state index contributed by atoms with van der Waals surface area (Å²) in [5.41, 5.74) is 0. The van der Waals surface area contributed by atoms with Gasteiger partial charge in [-0.1, -0.05) is 77.2 Å². The summed E-state index contributed by atoms with van der Waals surface area (Å²) in [5, 5.41) is 0. The Balaban J connectivity index is 2.81. The predicted molar refractivity (Wildman–Crippen MR) is 118 cm³/mol. The van der Waals surface area contributed by atoms with Crippen molar-refractivity contribution in [2.75, 3.05) is 26.2 Å². The Morgan fingerprint density at radius 3 is 2.21 bits per heavy atom. The molecular weight excluding hydrogens is 386 g/mol. The zero-order chi connectivity index (χ0) is 21.5. The first-order valence-electron chi connectivity index (χ1n) is 10.9. The minimum atomic E-state index is -3.90. The molecule has 0 aliphatic carbocycles. The van der Waals surface area contributed by atoms with Crippen LogP contribution >= 0.6 is 0 Å². The fourth-order valence-electron chi connectivity index (χ4n) is 3.07. The highest BCUT2D eigenvalue weighted by molar-refractivity contribution is 7.96. The number of nitrogens with zero attached hydrogens (tertiary/aromatic N) is 1. The molecule has 0 unspecified atom stereocenters. The van der Waals surface area contributed by atoms with Crippen LogP contribution in [-0.2, 0) is 19.4 Å². The number of benzene rings is 1. The smallest absolute Gasteiger partial charge is 0.349 e. The normalized spacial score (nSPS) is 12.3. The van der Waals surface area contributed by atoms with E-state index < -0.39 is 15.8 Å². The Morgan fingerprint density at radius 2 is 1.59 bits per heavy atom. The summed E-state index contributed by atoms with van der Waals surface area (Å²) in [6.45, 7) is 9.01. The third-order valence-electron chi connectivity index (χ3n) is 4.94. The van der Waals surface area contributed by atoms with E-state index in [1.54, 1.807) is 18.2 Å². The number of carbonyl (C=O) groups is 1. The molecule has 0 fully saturated rings. The van der Waals surface area contributed by atoms with Crippen LogP contribution in [0.15, 0.2) is 46.2 Å². The molecule has 0 atom stereocenters. The zero-order valence-electron chi connectivity index (χ0n) is 18.2. The molecule has 6 heteroatoms. The topological polar surface area (TPSA) is 63.7 Å². The van der Waals surface area contributed by atoms with E-state index in [0.29, 0.717) is 13.0 Å². The standard InChI is InChI=1S/C23H37NO4S/c1-4-7-8-9-10-14-20-28-23(25)22(18-15-19-24(5-2)6-3)29(26,27)21-16-12-11-13-17-21/h11-13,16-18H,4-10,14-15,19-20H2,1-3H3/b22-18-. The van der Waals surface area contributed by atoms with Crippen molar-refractivity contribution in [2.24, 2.45) is 0 Å². The number of hydrogen-bond donors (Lipinski definition) is 0. The van der Waals surface area contributed by atoms with E-state index in [-0.39, 0.29) is 16.4 Å². The molecule has 0 bridgehead atoms. The van der Waals surface area contributed by atoms with Crippen molar-refractivity contribution in [3.8, 4) is 0 Å². The van der Waals surface area contributed by atoms with Gasteiger partial charge in [0, 0.05) is 6.54 Å². The highest BCUT2D eigenvalue weighted by atomic mass is 32.2. The second-order valence-electron chi connectivity index (χ2n) is 7.10. The summed E-state index contributed by atoms with van der Waals surface area (Å²) in [7, 11) is -3.90. The average Bonchev–Trinajstić information content (AvgIpc) is 2.73. The van der Waals surface area contributed by atoms with E-state index in [1.807, 2.05) is 0 Å². The lowest BCUT2D eigenvalue weighted by molar-refractivity contribution is -0.138. The lowest BCUT2D eigenvalue weighted by Crippen LogP contribution is -2.24. The lowest BCUT2D eigenvalue weighted by atomic mass is 10.1. The van der Waals surface area contributed by atoms with Gasteiger partial charge >= 0.3 is 5.97 Å². The number of unbranched alkanes of at least 4 members (excludes halogenated alkanes) is 5. The average molecular weight is 424 g/mol. The Hall–Kier alpha value is -1.66. The molecule has 0 saturated heterocycles. The Kier molecular flexibility index (Phi) is 12.6. The van der Waals surface area contributed by atoms with Crippen molar-refractivity contribution < 1.29 is 17.9 Å². The summed E-state index contributed by atoms with van der Waals surface area (Å²) >= 11 is 0. The number of hydrogen-bond acceptors (Lipinski definition) is 5. The highest BCUT2D eigenvalue weighted by Crippen LogP contribution is 2.21. The number of carbonyl (C=O) groups excluding carboxylic acids is 1. The molecule has 0 heterocycles. The van der Waals surface area contributed by atoms with Gasteiger partial charge in [-0.2, -0.15) is 0 Å². The molecule has 0 aliphatic heterocycles. The molecule has 1 rings (SSSR count). The number of sulfone groups is 1. The minimum Gasteiger partial charge on any atom is -0.462 e. The molecule has 0 aliphatic rings. The van der Waals surface area contributed by atoms with Crippen LogP contribution in [0.3, 0.4) is 0 Å². The van der Waals surface area contributed by atoms with Gasteiger partial charge < -0.3 is 9.64 Å². The van der Waals surface area contributed by atoms with Crippen molar-refractivity contribution in [1.82, 2.24) is 4.90 Å². The van der Waals surface area contributed by atoms with Crippen LogP contribution in [0.1, 0.15) is 65.7 Å². The number of ether oxygens (including phenoxy) is 1. The van der Waals surface area contributed by atoms with Crippen molar-refractivity contribution >= 4 is 15.8 Å². The van der Waals surface area contributed by atoms with Gasteiger partial charge in [-0.05, 0) is 38.1 Å². The fraction of sp³-hybridized carbons (Fsp3) is 0.609. The summed E-state index contributed by atoms with van der Waals surface area (Å²) in [6, 6.07) is 8.08. The van der Waals surface area contributed by atoms with Crippen molar-refractivity contribution in [3.05, 3.63) is 41.3 Å². The Bertz CT molecular complexity index is 710. The third-order valence-corrected chi connectivity index (χ3v) is 6.75. The molecule has 5 nitrogen and oxygen atoms in total. The van der Waals surface area contributed by atoms with Gasteiger partial charge in [0.2, 0.25) is 9.84 Å². The van der Waals surface area contributed by atoms with Crippen molar-refractivity contribution in [2.45, 2.75) is 70.6 Å². The third kappa shape index (κ3) is 9.13. The van der Waals surface area contributed by atoms with Crippen LogP contribution < -0.4 is 0 Å². The number of rotatable bonds is 15. The molecule has 1 aromatic carbocycles. The Labute approximate surface area is 177 Å². The molecule has 0 aromatic heterocycles. The lowest BCUT2D eigenvalue weighted by Gasteiger charge is -2.17.